The van der Waals surface area contributed by atoms with Gasteiger partial charge in [-0.3, -0.25) is 0 Å². The van der Waals surface area contributed by atoms with Crippen LogP contribution in [0.5, 0.6) is 0 Å². The number of aromatic nitrogens is 2. The summed E-state index contributed by atoms with van der Waals surface area (Å²) in [6.07, 6.45) is 0.957. The summed E-state index contributed by atoms with van der Waals surface area (Å²) < 4.78 is 2.09. The van der Waals surface area contributed by atoms with Gasteiger partial charge in [0.2, 0.25) is 0 Å². The fourth-order valence-electron chi connectivity index (χ4n) is 2.05. The van der Waals surface area contributed by atoms with Gasteiger partial charge >= 0.3 is 0 Å². The first-order valence-corrected chi connectivity index (χ1v) is 5.71. The lowest BCUT2D eigenvalue weighted by atomic mass is 9.97. The van der Waals surface area contributed by atoms with Gasteiger partial charge in [-0.15, -0.1) is 0 Å². The van der Waals surface area contributed by atoms with E-state index in [9.17, 15) is 5.11 Å². The van der Waals surface area contributed by atoms with Crippen LogP contribution in [0.4, 0.5) is 0 Å². The van der Waals surface area contributed by atoms with Crippen molar-refractivity contribution in [1.29, 1.82) is 0 Å². The second-order valence-electron chi connectivity index (χ2n) is 4.25. The van der Waals surface area contributed by atoms with Crippen LogP contribution in [0.1, 0.15) is 30.7 Å². The van der Waals surface area contributed by atoms with Crippen molar-refractivity contribution in [3.05, 3.63) is 29.6 Å². The summed E-state index contributed by atoms with van der Waals surface area (Å²) in [5.41, 5.74) is 3.36. The molecule has 3 heteroatoms. The third-order valence-corrected chi connectivity index (χ3v) is 3.31. The SMILES string of the molecule is CCC(CO)c1ccc2nc(C)n(C)c2c1. The van der Waals surface area contributed by atoms with E-state index in [-0.39, 0.29) is 12.5 Å². The van der Waals surface area contributed by atoms with Crippen LogP contribution in [0.2, 0.25) is 0 Å². The van der Waals surface area contributed by atoms with Gasteiger partial charge in [0.05, 0.1) is 11.0 Å². The van der Waals surface area contributed by atoms with Crippen molar-refractivity contribution < 1.29 is 5.11 Å². The van der Waals surface area contributed by atoms with Gasteiger partial charge in [0, 0.05) is 19.6 Å². The number of imidazole rings is 1. The zero-order chi connectivity index (χ0) is 11.7. The summed E-state index contributed by atoms with van der Waals surface area (Å²) in [6, 6.07) is 6.24. The maximum atomic E-state index is 9.30. The van der Waals surface area contributed by atoms with Gasteiger partial charge < -0.3 is 9.67 Å². The molecule has 0 aliphatic carbocycles. The zero-order valence-electron chi connectivity index (χ0n) is 10.1. The average molecular weight is 218 g/mol. The summed E-state index contributed by atoms with van der Waals surface area (Å²) in [4.78, 5) is 4.47. The van der Waals surface area contributed by atoms with Crippen LogP contribution in [0.15, 0.2) is 18.2 Å². The molecule has 86 valence electrons. The Balaban J connectivity index is 2.54. The predicted molar refractivity (Wildman–Crippen MR) is 65.6 cm³/mol. The predicted octanol–water partition coefficient (Wildman–Crippen LogP) is 2.37. The van der Waals surface area contributed by atoms with E-state index >= 15 is 0 Å². The van der Waals surface area contributed by atoms with Crippen LogP contribution in [-0.4, -0.2) is 21.3 Å². The Kier molecular flexibility index (Phi) is 2.97. The maximum absolute atomic E-state index is 9.30. The topological polar surface area (TPSA) is 38.1 Å². The Morgan fingerprint density at radius 2 is 2.19 bits per heavy atom. The molecular formula is C13H18N2O. The summed E-state index contributed by atoms with van der Waals surface area (Å²) in [7, 11) is 2.02. The normalized spacial score (nSPS) is 13.2. The summed E-state index contributed by atoms with van der Waals surface area (Å²) in [5.74, 6) is 1.25. The number of aliphatic hydroxyl groups excluding tert-OH is 1. The molecular weight excluding hydrogens is 200 g/mol. The van der Waals surface area contributed by atoms with Crippen molar-refractivity contribution in [2.45, 2.75) is 26.2 Å². The molecule has 16 heavy (non-hydrogen) atoms. The third kappa shape index (κ3) is 1.71. The van der Waals surface area contributed by atoms with Gasteiger partial charge in [0.1, 0.15) is 5.82 Å². The summed E-state index contributed by atoms with van der Waals surface area (Å²) in [6.45, 7) is 4.31. The number of aryl methyl sites for hydroxylation is 2. The molecule has 1 aromatic carbocycles. The second-order valence-corrected chi connectivity index (χ2v) is 4.25. The average Bonchev–Trinajstić information content (AvgIpc) is 2.57. The van der Waals surface area contributed by atoms with Crippen LogP contribution >= 0.6 is 0 Å². The van der Waals surface area contributed by atoms with Crippen molar-refractivity contribution in [3.8, 4) is 0 Å². The maximum Gasteiger partial charge on any atom is 0.106 e. The van der Waals surface area contributed by atoms with Crippen molar-refractivity contribution in [1.82, 2.24) is 9.55 Å². The fourth-order valence-corrected chi connectivity index (χ4v) is 2.05. The van der Waals surface area contributed by atoms with Gasteiger partial charge in [0.15, 0.2) is 0 Å². The number of hydrogen-bond donors (Lipinski definition) is 1. The number of fused-ring (bicyclic) bond motifs is 1. The molecule has 3 nitrogen and oxygen atoms in total. The number of nitrogens with zero attached hydrogens (tertiary/aromatic N) is 2. The van der Waals surface area contributed by atoms with Gasteiger partial charge in [0.25, 0.3) is 0 Å². The first kappa shape index (κ1) is 11.1. The van der Waals surface area contributed by atoms with E-state index in [0.29, 0.717) is 0 Å². The lowest BCUT2D eigenvalue weighted by molar-refractivity contribution is 0.262. The van der Waals surface area contributed by atoms with Crippen LogP contribution in [-0.2, 0) is 7.05 Å². The molecule has 1 aromatic heterocycles. The Labute approximate surface area is 95.7 Å². The standard InChI is InChI=1S/C13H18N2O/c1-4-10(8-16)11-5-6-12-13(7-11)15(3)9(2)14-12/h5-7,10,16H,4,8H2,1-3H3. The summed E-state index contributed by atoms with van der Waals surface area (Å²) >= 11 is 0. The van der Waals surface area contributed by atoms with Crippen LogP contribution < -0.4 is 0 Å². The molecule has 0 spiro atoms. The highest BCUT2D eigenvalue weighted by Crippen LogP contribution is 2.23. The summed E-state index contributed by atoms with van der Waals surface area (Å²) in [5, 5.41) is 9.30. The van der Waals surface area contributed by atoms with Crippen LogP contribution in [0.25, 0.3) is 11.0 Å². The highest BCUT2D eigenvalue weighted by Gasteiger charge is 2.10. The molecule has 0 aliphatic rings. The van der Waals surface area contributed by atoms with E-state index in [1.54, 1.807) is 0 Å². The van der Waals surface area contributed by atoms with Gasteiger partial charge in [-0.1, -0.05) is 13.0 Å². The van der Waals surface area contributed by atoms with E-state index < -0.39 is 0 Å². The van der Waals surface area contributed by atoms with Crippen LogP contribution in [0, 0.1) is 6.92 Å². The molecule has 0 bridgehead atoms. The molecule has 0 radical (unpaired) electrons. The second kappa shape index (κ2) is 4.26. The molecule has 0 aliphatic heterocycles. The number of benzene rings is 1. The first-order chi connectivity index (χ1) is 7.67. The Bertz CT molecular complexity index is 498. The van der Waals surface area contributed by atoms with Crippen LogP contribution in [0.3, 0.4) is 0 Å². The lowest BCUT2D eigenvalue weighted by Crippen LogP contribution is -2.02. The van der Waals surface area contributed by atoms with E-state index in [1.807, 2.05) is 20.0 Å². The van der Waals surface area contributed by atoms with Crippen molar-refractivity contribution >= 4 is 11.0 Å². The molecule has 0 fully saturated rings. The van der Waals surface area contributed by atoms with E-state index in [0.717, 1.165) is 23.3 Å². The van der Waals surface area contributed by atoms with Crippen molar-refractivity contribution in [3.63, 3.8) is 0 Å². The Morgan fingerprint density at radius 3 is 2.81 bits per heavy atom. The quantitative estimate of drug-likeness (QED) is 0.858. The minimum Gasteiger partial charge on any atom is -0.396 e. The van der Waals surface area contributed by atoms with Crippen molar-refractivity contribution in [2.24, 2.45) is 7.05 Å². The monoisotopic (exact) mass is 218 g/mol. The Hall–Kier alpha value is -1.35. The molecule has 0 saturated carbocycles. The highest BCUT2D eigenvalue weighted by atomic mass is 16.3. The largest absolute Gasteiger partial charge is 0.396 e. The Morgan fingerprint density at radius 1 is 1.44 bits per heavy atom. The van der Waals surface area contributed by atoms with Gasteiger partial charge in [-0.25, -0.2) is 4.98 Å². The molecule has 2 rings (SSSR count). The van der Waals surface area contributed by atoms with E-state index in [4.69, 9.17) is 0 Å². The first-order valence-electron chi connectivity index (χ1n) is 5.71. The van der Waals surface area contributed by atoms with Crippen molar-refractivity contribution in [2.75, 3.05) is 6.61 Å². The fraction of sp³-hybridized carbons (Fsp3) is 0.462. The molecule has 1 heterocycles. The number of aliphatic hydroxyl groups is 1. The van der Waals surface area contributed by atoms with E-state index in [1.165, 1.54) is 5.56 Å². The minimum atomic E-state index is 0.207. The molecule has 0 saturated heterocycles. The van der Waals surface area contributed by atoms with Gasteiger partial charge in [-0.2, -0.15) is 0 Å². The zero-order valence-corrected chi connectivity index (χ0v) is 10.1. The molecule has 2 aromatic rings. The number of hydrogen-bond acceptors (Lipinski definition) is 2. The highest BCUT2D eigenvalue weighted by molar-refractivity contribution is 5.77. The molecule has 1 N–H and O–H groups in total. The minimum absolute atomic E-state index is 0.207. The third-order valence-electron chi connectivity index (χ3n) is 3.31. The lowest BCUT2D eigenvalue weighted by Gasteiger charge is -2.12. The molecule has 1 unspecified atom stereocenters. The molecule has 0 amide bonds. The number of rotatable bonds is 3. The van der Waals surface area contributed by atoms with Gasteiger partial charge in [-0.05, 0) is 31.0 Å². The van der Waals surface area contributed by atoms with E-state index in [2.05, 4.69) is 28.6 Å². The smallest absolute Gasteiger partial charge is 0.106 e. The molecule has 1 atom stereocenters.